The van der Waals surface area contributed by atoms with E-state index in [-0.39, 0.29) is 6.17 Å². The second-order valence-electron chi connectivity index (χ2n) is 2.99. The van der Waals surface area contributed by atoms with Gasteiger partial charge in [0, 0.05) is 19.6 Å². The molecule has 0 saturated heterocycles. The number of hydrogen-bond donors (Lipinski definition) is 3. The highest BCUT2D eigenvalue weighted by Crippen LogP contribution is 1.92. The fraction of sp³-hybridized carbons (Fsp3) is 1.00. The number of nitrogens with zero attached hydrogens (tertiary/aromatic N) is 1. The number of rotatable bonds is 4. The summed E-state index contributed by atoms with van der Waals surface area (Å²) >= 11 is 0. The predicted molar refractivity (Wildman–Crippen MR) is 50.8 cm³/mol. The third kappa shape index (κ3) is 5.32. The van der Waals surface area contributed by atoms with Gasteiger partial charge in [-0.05, 0) is 14.0 Å². The lowest BCUT2D eigenvalue weighted by molar-refractivity contribution is 0.185. The second kappa shape index (κ2) is 4.15. The fourth-order valence-corrected chi connectivity index (χ4v) is 1.80. The van der Waals surface area contributed by atoms with Crippen molar-refractivity contribution in [3.05, 3.63) is 0 Å². The van der Waals surface area contributed by atoms with Gasteiger partial charge in [0.2, 0.25) is 0 Å². The minimum absolute atomic E-state index is 0.0841. The molecule has 0 aromatic rings. The molecular formula is C6H19N3OS. The zero-order chi connectivity index (χ0) is 9.07. The van der Waals surface area contributed by atoms with Gasteiger partial charge in [-0.25, -0.2) is 9.73 Å². The molecule has 0 fully saturated rings. The maximum atomic E-state index is 11.3. The van der Waals surface area contributed by atoms with E-state index in [4.69, 9.17) is 0 Å². The van der Waals surface area contributed by atoms with Crippen LogP contribution in [0.25, 0.3) is 0 Å². The van der Waals surface area contributed by atoms with Gasteiger partial charge >= 0.3 is 0 Å². The lowest BCUT2D eigenvalue weighted by atomic mass is 10.6. The molecule has 0 radical (unpaired) electrons. The molecule has 2 N–H and O–H groups in total. The fourth-order valence-electron chi connectivity index (χ4n) is 0.730. The normalized spacial score (nSPS) is 16.9. The molecule has 0 aliphatic carbocycles. The van der Waals surface area contributed by atoms with Crippen molar-refractivity contribution < 1.29 is 4.21 Å². The highest BCUT2D eigenvalue weighted by atomic mass is 32.3. The molecule has 0 heterocycles. The average Bonchev–Trinajstić information content (AvgIpc) is 1.82. The van der Waals surface area contributed by atoms with E-state index in [0.717, 1.165) is 0 Å². The smallest absolute Gasteiger partial charge is 0.0796 e. The van der Waals surface area contributed by atoms with Crippen molar-refractivity contribution in [3.63, 3.8) is 0 Å². The summed E-state index contributed by atoms with van der Waals surface area (Å²) < 4.78 is 14.3. The molecule has 11 heavy (non-hydrogen) atoms. The lowest BCUT2D eigenvalue weighted by Gasteiger charge is -2.28. The lowest BCUT2D eigenvalue weighted by Crippen LogP contribution is -2.50. The van der Waals surface area contributed by atoms with Crippen LogP contribution in [0.2, 0.25) is 0 Å². The van der Waals surface area contributed by atoms with Gasteiger partial charge < -0.3 is 0 Å². The van der Waals surface area contributed by atoms with Crippen LogP contribution >= 0.6 is 0 Å². The molecule has 5 heteroatoms. The first-order chi connectivity index (χ1) is 4.87. The quantitative estimate of drug-likeness (QED) is 0.302. The number of hydrazine groups is 1. The largest absolute Gasteiger partial charge is 0.272 e. The third-order valence-corrected chi connectivity index (χ3v) is 2.43. The standard InChI is InChI=1S/C6H19N3OS/c1-6(9(3)7-2)8-11(4,5)10/h6-7,11H,1-5H3,(H,8,10). The molecule has 0 amide bonds. The minimum atomic E-state index is -2.12. The Balaban J connectivity index is 3.87. The van der Waals surface area contributed by atoms with Gasteiger partial charge in [-0.15, -0.1) is 0 Å². The Labute approximate surface area is 69.9 Å². The average molecular weight is 181 g/mol. The predicted octanol–water partition coefficient (Wildman–Crippen LogP) is -0.820. The number of hydrogen-bond acceptors (Lipinski definition) is 3. The summed E-state index contributed by atoms with van der Waals surface area (Å²) in [6.45, 7) is 1.95. The first kappa shape index (κ1) is 11.0. The van der Waals surface area contributed by atoms with Gasteiger partial charge in [0.05, 0.1) is 6.17 Å². The minimum Gasteiger partial charge on any atom is -0.272 e. The third-order valence-electron chi connectivity index (χ3n) is 1.43. The molecule has 0 saturated carbocycles. The molecule has 0 bridgehead atoms. The molecule has 4 nitrogen and oxygen atoms in total. The van der Waals surface area contributed by atoms with E-state index < -0.39 is 10.1 Å². The molecule has 1 atom stereocenters. The summed E-state index contributed by atoms with van der Waals surface area (Å²) in [5, 5.41) is 1.86. The van der Waals surface area contributed by atoms with Crippen LogP contribution in [0.3, 0.4) is 0 Å². The summed E-state index contributed by atoms with van der Waals surface area (Å²) in [5.74, 6) is 0. The van der Waals surface area contributed by atoms with Crippen molar-refractivity contribution >= 4 is 10.1 Å². The Kier molecular flexibility index (Phi) is 4.17. The van der Waals surface area contributed by atoms with Gasteiger partial charge in [-0.1, -0.05) is 10.1 Å². The van der Waals surface area contributed by atoms with Crippen LogP contribution in [0.1, 0.15) is 6.92 Å². The van der Waals surface area contributed by atoms with Crippen LogP contribution in [0, 0.1) is 0 Å². The first-order valence-corrected chi connectivity index (χ1v) is 6.20. The first-order valence-electron chi connectivity index (χ1n) is 3.60. The van der Waals surface area contributed by atoms with Crippen LogP contribution < -0.4 is 10.1 Å². The summed E-state index contributed by atoms with van der Waals surface area (Å²) in [6.07, 6.45) is 3.51. The monoisotopic (exact) mass is 181 g/mol. The number of thiol groups is 1. The van der Waals surface area contributed by atoms with E-state index in [1.165, 1.54) is 0 Å². The Bertz CT molecular complexity index is 156. The van der Waals surface area contributed by atoms with Crippen molar-refractivity contribution in [1.82, 2.24) is 15.2 Å². The molecular weight excluding hydrogens is 162 g/mol. The van der Waals surface area contributed by atoms with Crippen LogP contribution in [0.15, 0.2) is 0 Å². The van der Waals surface area contributed by atoms with E-state index >= 15 is 0 Å². The van der Waals surface area contributed by atoms with Crippen molar-refractivity contribution in [2.75, 3.05) is 26.6 Å². The molecule has 0 rings (SSSR count). The van der Waals surface area contributed by atoms with Crippen molar-refractivity contribution in [2.45, 2.75) is 13.1 Å². The van der Waals surface area contributed by atoms with Crippen LogP contribution in [0.5, 0.6) is 0 Å². The van der Waals surface area contributed by atoms with E-state index in [0.29, 0.717) is 0 Å². The Morgan fingerprint density at radius 3 is 2.18 bits per heavy atom. The zero-order valence-corrected chi connectivity index (χ0v) is 8.77. The Morgan fingerprint density at radius 1 is 1.45 bits per heavy atom. The van der Waals surface area contributed by atoms with Crippen molar-refractivity contribution in [2.24, 2.45) is 0 Å². The molecule has 0 aliphatic heterocycles. The van der Waals surface area contributed by atoms with Gasteiger partial charge in [0.15, 0.2) is 0 Å². The van der Waals surface area contributed by atoms with Gasteiger partial charge in [0.1, 0.15) is 0 Å². The molecule has 0 spiro atoms. The van der Waals surface area contributed by atoms with E-state index in [1.807, 2.05) is 26.0 Å². The zero-order valence-electron chi connectivity index (χ0n) is 7.88. The summed E-state index contributed by atoms with van der Waals surface area (Å²) in [5.41, 5.74) is 2.94. The molecule has 0 aliphatic rings. The topological polar surface area (TPSA) is 44.4 Å². The highest BCUT2D eigenvalue weighted by molar-refractivity contribution is 7.99. The number of nitrogens with one attached hydrogen (secondary N) is 2. The summed E-state index contributed by atoms with van der Waals surface area (Å²) in [4.78, 5) is 0. The Hall–Kier alpha value is 0.0300. The second-order valence-corrected chi connectivity index (χ2v) is 5.95. The van der Waals surface area contributed by atoms with E-state index in [9.17, 15) is 4.21 Å². The molecule has 0 aromatic carbocycles. The van der Waals surface area contributed by atoms with Crippen LogP contribution in [-0.4, -0.2) is 42.0 Å². The van der Waals surface area contributed by atoms with Gasteiger partial charge in [-0.2, -0.15) is 0 Å². The van der Waals surface area contributed by atoms with Crippen LogP contribution in [-0.2, 0) is 10.1 Å². The molecule has 1 unspecified atom stereocenters. The van der Waals surface area contributed by atoms with Gasteiger partial charge in [-0.3, -0.25) is 9.63 Å². The maximum Gasteiger partial charge on any atom is 0.0796 e. The molecule has 0 aromatic heterocycles. The highest BCUT2D eigenvalue weighted by Gasteiger charge is 2.09. The summed E-state index contributed by atoms with van der Waals surface area (Å²) in [7, 11) is 1.60. The molecule has 70 valence electrons. The summed E-state index contributed by atoms with van der Waals surface area (Å²) in [6, 6.07) is 0. The van der Waals surface area contributed by atoms with Gasteiger partial charge in [0.25, 0.3) is 0 Å². The van der Waals surface area contributed by atoms with Crippen LogP contribution in [0.4, 0.5) is 0 Å². The van der Waals surface area contributed by atoms with Crippen molar-refractivity contribution in [3.8, 4) is 0 Å². The Morgan fingerprint density at radius 2 is 1.91 bits per heavy atom. The van der Waals surface area contributed by atoms with E-state index in [1.54, 1.807) is 12.5 Å². The van der Waals surface area contributed by atoms with Crippen molar-refractivity contribution in [1.29, 1.82) is 0 Å². The van der Waals surface area contributed by atoms with E-state index in [2.05, 4.69) is 10.1 Å². The maximum absolute atomic E-state index is 11.3. The SMILES string of the molecule is CNN(C)C(C)N[SH](C)(C)=O.